The summed E-state index contributed by atoms with van der Waals surface area (Å²) in [4.78, 5) is 48.6. The monoisotopic (exact) mass is 529 g/mol. The van der Waals surface area contributed by atoms with Gasteiger partial charge in [0.15, 0.2) is 0 Å². The van der Waals surface area contributed by atoms with Crippen LogP contribution in [0, 0.1) is 11.8 Å². The van der Waals surface area contributed by atoms with Crippen LogP contribution in [0.4, 0.5) is 0 Å². The summed E-state index contributed by atoms with van der Waals surface area (Å²) in [5.41, 5.74) is 0. The van der Waals surface area contributed by atoms with Gasteiger partial charge in [-0.3, -0.25) is 14.4 Å². The molecule has 204 valence electrons. The summed E-state index contributed by atoms with van der Waals surface area (Å²) in [5.74, 6) is -0.972. The number of hydrogen-bond donors (Lipinski definition) is 1. The summed E-state index contributed by atoms with van der Waals surface area (Å²) >= 11 is 1.68. The molecule has 1 saturated carbocycles. The normalized spacial score (nSPS) is 36.0. The molecule has 0 aromatic rings. The van der Waals surface area contributed by atoms with Crippen molar-refractivity contribution >= 4 is 29.5 Å². The van der Waals surface area contributed by atoms with Crippen LogP contribution in [0.3, 0.4) is 0 Å². The lowest BCUT2D eigenvalue weighted by Gasteiger charge is -2.40. The van der Waals surface area contributed by atoms with Gasteiger partial charge < -0.3 is 19.8 Å². The van der Waals surface area contributed by atoms with E-state index in [0.29, 0.717) is 32.6 Å². The molecule has 1 aliphatic carbocycles. The smallest absolute Gasteiger partial charge is 0.247 e. The SMILES string of the molecule is CCCN1CC=C[C@@]2(C)S[C@]34C=CCN(C5CCCCC5)C(=O)C3N(CCCCCO)C(=O)[C@@H]4[C@H]2C1=O. The highest BCUT2D eigenvalue weighted by Gasteiger charge is 2.73. The topological polar surface area (TPSA) is 81.2 Å². The van der Waals surface area contributed by atoms with E-state index in [1.165, 1.54) is 6.42 Å². The maximum Gasteiger partial charge on any atom is 0.247 e. The minimum absolute atomic E-state index is 0.0428. The number of thioether (sulfide) groups is 1. The molecule has 1 N–H and O–H groups in total. The zero-order valence-electron chi connectivity index (χ0n) is 22.4. The van der Waals surface area contributed by atoms with Crippen molar-refractivity contribution < 1.29 is 19.5 Å². The highest BCUT2D eigenvalue weighted by Crippen LogP contribution is 2.65. The third-order valence-corrected chi connectivity index (χ3v) is 11.0. The molecule has 3 fully saturated rings. The Morgan fingerprint density at radius 3 is 2.41 bits per heavy atom. The van der Waals surface area contributed by atoms with E-state index in [0.717, 1.165) is 44.9 Å². The molecule has 5 atom stereocenters. The largest absolute Gasteiger partial charge is 0.396 e. The molecule has 2 saturated heterocycles. The predicted octanol–water partition coefficient (Wildman–Crippen LogP) is 3.38. The number of aliphatic hydroxyl groups is 1. The summed E-state index contributed by atoms with van der Waals surface area (Å²) in [6, 6.07) is -0.366. The fraction of sp³-hybridized carbons (Fsp3) is 0.759. The van der Waals surface area contributed by atoms with E-state index >= 15 is 0 Å². The number of amides is 3. The molecule has 0 radical (unpaired) electrons. The lowest BCUT2D eigenvalue weighted by atomic mass is 9.74. The Morgan fingerprint density at radius 2 is 1.68 bits per heavy atom. The first-order chi connectivity index (χ1) is 17.9. The summed E-state index contributed by atoms with van der Waals surface area (Å²) in [7, 11) is 0. The van der Waals surface area contributed by atoms with Crippen molar-refractivity contribution in [1.29, 1.82) is 0 Å². The van der Waals surface area contributed by atoms with Crippen molar-refractivity contribution in [2.24, 2.45) is 11.8 Å². The highest BCUT2D eigenvalue weighted by molar-refractivity contribution is 8.02. The van der Waals surface area contributed by atoms with E-state index < -0.39 is 27.4 Å². The Kier molecular flexibility index (Phi) is 7.79. The molecule has 1 spiro atoms. The van der Waals surface area contributed by atoms with Crippen LogP contribution in [0.1, 0.15) is 71.6 Å². The Labute approximate surface area is 225 Å². The zero-order valence-corrected chi connectivity index (χ0v) is 23.3. The summed E-state index contributed by atoms with van der Waals surface area (Å²) < 4.78 is -1.28. The lowest BCUT2D eigenvalue weighted by Crippen LogP contribution is -2.55. The van der Waals surface area contributed by atoms with Crippen LogP contribution in [0.15, 0.2) is 24.3 Å². The van der Waals surface area contributed by atoms with Crippen LogP contribution < -0.4 is 0 Å². The van der Waals surface area contributed by atoms with Gasteiger partial charge in [0.25, 0.3) is 0 Å². The van der Waals surface area contributed by atoms with E-state index in [-0.39, 0.29) is 30.4 Å². The Bertz CT molecular complexity index is 963. The van der Waals surface area contributed by atoms with Crippen molar-refractivity contribution in [1.82, 2.24) is 14.7 Å². The van der Waals surface area contributed by atoms with Gasteiger partial charge >= 0.3 is 0 Å². The van der Waals surface area contributed by atoms with Gasteiger partial charge in [-0.15, -0.1) is 11.8 Å². The second kappa shape index (κ2) is 10.8. The van der Waals surface area contributed by atoms with Gasteiger partial charge in [0, 0.05) is 43.6 Å². The maximum absolute atomic E-state index is 14.5. The molecule has 8 heteroatoms. The molecular weight excluding hydrogens is 486 g/mol. The first-order valence-electron chi connectivity index (χ1n) is 14.4. The van der Waals surface area contributed by atoms with Crippen LogP contribution >= 0.6 is 11.8 Å². The van der Waals surface area contributed by atoms with E-state index in [4.69, 9.17) is 0 Å². The number of carbonyl (C=O) groups excluding carboxylic acids is 3. The molecule has 37 heavy (non-hydrogen) atoms. The number of likely N-dealkylation sites (tertiary alicyclic amines) is 1. The Hall–Kier alpha value is -1.80. The molecular formula is C29H43N3O4S. The number of aliphatic hydroxyl groups excluding tert-OH is 1. The molecule has 4 aliphatic heterocycles. The van der Waals surface area contributed by atoms with Gasteiger partial charge in [0.2, 0.25) is 17.7 Å². The molecule has 4 heterocycles. The molecule has 0 aromatic carbocycles. The fourth-order valence-corrected chi connectivity index (χ4v) is 9.75. The zero-order chi connectivity index (χ0) is 26.2. The van der Waals surface area contributed by atoms with Crippen molar-refractivity contribution in [3.8, 4) is 0 Å². The van der Waals surface area contributed by atoms with Crippen LogP contribution in [-0.4, -0.2) is 91.9 Å². The number of nitrogens with zero attached hydrogens (tertiary/aromatic N) is 3. The first kappa shape index (κ1) is 26.8. The van der Waals surface area contributed by atoms with Gasteiger partial charge in [-0.25, -0.2) is 0 Å². The lowest BCUT2D eigenvalue weighted by molar-refractivity contribution is -0.145. The molecule has 0 aromatic heterocycles. The first-order valence-corrected chi connectivity index (χ1v) is 15.3. The maximum atomic E-state index is 14.5. The molecule has 0 bridgehead atoms. The molecule has 3 amide bonds. The number of hydrogen-bond acceptors (Lipinski definition) is 5. The van der Waals surface area contributed by atoms with E-state index in [2.05, 4.69) is 38.2 Å². The Balaban J connectivity index is 1.55. The van der Waals surface area contributed by atoms with Gasteiger partial charge in [-0.2, -0.15) is 0 Å². The van der Waals surface area contributed by atoms with E-state index in [9.17, 15) is 19.5 Å². The molecule has 1 unspecified atom stereocenters. The van der Waals surface area contributed by atoms with Crippen LogP contribution in [0.2, 0.25) is 0 Å². The number of carbonyl (C=O) groups is 3. The molecule has 7 nitrogen and oxygen atoms in total. The van der Waals surface area contributed by atoms with Gasteiger partial charge in [-0.05, 0) is 45.4 Å². The second-order valence-electron chi connectivity index (χ2n) is 11.7. The summed E-state index contributed by atoms with van der Waals surface area (Å²) in [5, 5.41) is 9.27. The van der Waals surface area contributed by atoms with Crippen molar-refractivity contribution in [2.75, 3.05) is 32.8 Å². The van der Waals surface area contributed by atoms with E-state index in [1.54, 1.807) is 11.8 Å². The summed E-state index contributed by atoms with van der Waals surface area (Å²) in [6.45, 7) is 6.62. The van der Waals surface area contributed by atoms with E-state index in [1.807, 2.05) is 14.7 Å². The van der Waals surface area contributed by atoms with Gasteiger partial charge in [0.1, 0.15) is 6.04 Å². The average Bonchev–Trinajstić information content (AvgIpc) is 3.15. The third-order valence-electron chi connectivity index (χ3n) is 9.24. The van der Waals surface area contributed by atoms with Crippen LogP contribution in [-0.2, 0) is 14.4 Å². The number of fused-ring (bicyclic) bond motifs is 2. The molecule has 5 rings (SSSR count). The van der Waals surface area contributed by atoms with Gasteiger partial charge in [-0.1, -0.05) is 50.5 Å². The number of unbranched alkanes of at least 4 members (excludes halogenated alkanes) is 2. The predicted molar refractivity (Wildman–Crippen MR) is 146 cm³/mol. The minimum atomic E-state index is -0.747. The Morgan fingerprint density at radius 1 is 0.919 bits per heavy atom. The third kappa shape index (κ3) is 4.46. The highest BCUT2D eigenvalue weighted by atomic mass is 32.2. The number of rotatable bonds is 8. The van der Waals surface area contributed by atoms with Gasteiger partial charge in [0.05, 0.1) is 16.6 Å². The second-order valence-corrected chi connectivity index (χ2v) is 13.5. The van der Waals surface area contributed by atoms with Crippen LogP contribution in [0.25, 0.3) is 0 Å². The standard InChI is InChI=1S/C29H43N3O4S/c1-3-16-30-17-10-14-28(2)22(25(30)34)23-26(35)32(18-8-5-9-20-33)24-27(36)31(21-12-6-4-7-13-21)19-11-15-29(23,24)37-28/h10-11,14-15,21-24,33H,3-9,12-13,16-20H2,1-2H3/t22-,23-,24?,28+,29-/m0/s1. The van der Waals surface area contributed by atoms with Crippen molar-refractivity contribution in [3.63, 3.8) is 0 Å². The molecule has 5 aliphatic rings. The van der Waals surface area contributed by atoms with Crippen molar-refractivity contribution in [2.45, 2.75) is 93.2 Å². The minimum Gasteiger partial charge on any atom is -0.396 e. The fourth-order valence-electron chi connectivity index (χ4n) is 7.59. The average molecular weight is 530 g/mol. The summed E-state index contributed by atoms with van der Waals surface area (Å²) in [6.07, 6.45) is 17.1. The van der Waals surface area contributed by atoms with Crippen LogP contribution in [0.5, 0.6) is 0 Å². The van der Waals surface area contributed by atoms with Crippen molar-refractivity contribution in [3.05, 3.63) is 24.3 Å². The quantitative estimate of drug-likeness (QED) is 0.385.